The third-order valence-corrected chi connectivity index (χ3v) is 4.32. The highest BCUT2D eigenvalue weighted by molar-refractivity contribution is 6.20. The van der Waals surface area contributed by atoms with Gasteiger partial charge in [-0.25, -0.2) is 0 Å². The first-order valence-corrected chi connectivity index (χ1v) is 8.40. The predicted octanol–water partition coefficient (Wildman–Crippen LogP) is 3.24. The number of carbonyl (C=O) groups is 2. The number of carbonyl (C=O) groups excluding carboxylic acids is 2. The maximum Gasteiger partial charge on any atom is 0.228 e. The maximum absolute atomic E-state index is 12.3. The average Bonchev–Trinajstić information content (AvgIpc) is 2.48. The number of halogens is 2. The molecular formula is C16H20Cl2N2O2. The molecule has 0 N–H and O–H groups in total. The lowest BCUT2D eigenvalue weighted by Crippen LogP contribution is -2.46. The van der Waals surface area contributed by atoms with Crippen LogP contribution < -0.4 is 9.80 Å². The van der Waals surface area contributed by atoms with Gasteiger partial charge in [0.1, 0.15) is 0 Å². The lowest BCUT2D eigenvalue weighted by atomic mass is 10.0. The van der Waals surface area contributed by atoms with Crippen LogP contribution in [0.1, 0.15) is 24.0 Å². The third-order valence-electron chi connectivity index (χ3n) is 3.94. The normalized spacial score (nSPS) is 14.0. The Kier molecular flexibility index (Phi) is 5.70. The Morgan fingerprint density at radius 1 is 0.909 bits per heavy atom. The molecule has 1 heterocycles. The smallest absolute Gasteiger partial charge is 0.228 e. The van der Waals surface area contributed by atoms with Crippen LogP contribution in [0.4, 0.5) is 11.4 Å². The summed E-state index contributed by atoms with van der Waals surface area (Å²) in [5.74, 6) is 0.572. The van der Waals surface area contributed by atoms with E-state index in [1.165, 1.54) is 0 Å². The Morgan fingerprint density at radius 2 is 1.27 bits per heavy atom. The largest absolute Gasteiger partial charge is 0.309 e. The van der Waals surface area contributed by atoms with Crippen molar-refractivity contribution in [1.82, 2.24) is 0 Å². The summed E-state index contributed by atoms with van der Waals surface area (Å²) in [7, 11) is 0. The van der Waals surface area contributed by atoms with Gasteiger partial charge in [-0.15, -0.1) is 23.2 Å². The van der Waals surface area contributed by atoms with E-state index in [1.54, 1.807) is 9.80 Å². The van der Waals surface area contributed by atoms with Gasteiger partial charge in [0.25, 0.3) is 0 Å². The minimum Gasteiger partial charge on any atom is -0.309 e. The fourth-order valence-corrected chi connectivity index (χ4v) is 2.93. The second kappa shape index (κ2) is 7.34. The molecule has 6 heteroatoms. The van der Waals surface area contributed by atoms with E-state index in [9.17, 15) is 9.59 Å². The minimum absolute atomic E-state index is 0.0102. The monoisotopic (exact) mass is 342 g/mol. The van der Waals surface area contributed by atoms with Gasteiger partial charge >= 0.3 is 0 Å². The molecule has 1 aliphatic rings. The topological polar surface area (TPSA) is 40.6 Å². The Bertz CT molecular complexity index is 539. The van der Waals surface area contributed by atoms with Gasteiger partial charge in [0, 0.05) is 37.7 Å². The van der Waals surface area contributed by atoms with Gasteiger partial charge < -0.3 is 9.80 Å². The van der Waals surface area contributed by atoms with E-state index in [0.29, 0.717) is 37.7 Å². The van der Waals surface area contributed by atoms with E-state index in [-0.39, 0.29) is 11.8 Å². The van der Waals surface area contributed by atoms with Gasteiger partial charge in [-0.1, -0.05) is 0 Å². The lowest BCUT2D eigenvalue weighted by Gasteiger charge is -2.37. The Hall–Kier alpha value is -1.26. The van der Waals surface area contributed by atoms with Gasteiger partial charge in [-0.05, 0) is 37.1 Å². The highest BCUT2D eigenvalue weighted by Crippen LogP contribution is 2.36. The average molecular weight is 343 g/mol. The Morgan fingerprint density at radius 3 is 1.59 bits per heavy atom. The quantitative estimate of drug-likeness (QED) is 0.788. The summed E-state index contributed by atoms with van der Waals surface area (Å²) >= 11 is 11.4. The van der Waals surface area contributed by atoms with Crippen molar-refractivity contribution in [2.45, 2.75) is 26.7 Å². The molecule has 0 unspecified atom stereocenters. The van der Waals surface area contributed by atoms with Gasteiger partial charge in [0.15, 0.2) is 0 Å². The van der Waals surface area contributed by atoms with Crippen LogP contribution >= 0.6 is 23.2 Å². The Labute approximate surface area is 141 Å². The van der Waals surface area contributed by atoms with Crippen molar-refractivity contribution in [3.05, 3.63) is 23.3 Å². The van der Waals surface area contributed by atoms with Crippen molar-refractivity contribution in [3.63, 3.8) is 0 Å². The summed E-state index contributed by atoms with van der Waals surface area (Å²) in [6, 6.07) is 3.94. The van der Waals surface area contributed by atoms with E-state index in [0.717, 1.165) is 22.5 Å². The van der Waals surface area contributed by atoms with Crippen LogP contribution in [0.2, 0.25) is 0 Å². The molecule has 0 aromatic heterocycles. The molecule has 0 spiro atoms. The van der Waals surface area contributed by atoms with E-state index in [2.05, 4.69) is 0 Å². The fourth-order valence-electron chi connectivity index (χ4n) is 2.61. The molecule has 120 valence electrons. The maximum atomic E-state index is 12.3. The zero-order chi connectivity index (χ0) is 16.3. The summed E-state index contributed by atoms with van der Waals surface area (Å²) in [5, 5.41) is 0. The number of fused-ring (bicyclic) bond motifs is 1. The predicted molar refractivity (Wildman–Crippen MR) is 91.3 cm³/mol. The molecule has 2 rings (SSSR count). The van der Waals surface area contributed by atoms with E-state index >= 15 is 0 Å². The molecular weight excluding hydrogens is 323 g/mol. The van der Waals surface area contributed by atoms with Crippen molar-refractivity contribution in [2.24, 2.45) is 0 Å². The van der Waals surface area contributed by atoms with Crippen LogP contribution in [0.5, 0.6) is 0 Å². The molecule has 0 atom stereocenters. The van der Waals surface area contributed by atoms with E-state index in [1.807, 2.05) is 26.0 Å². The number of hydrogen-bond donors (Lipinski definition) is 0. The number of alkyl halides is 2. The van der Waals surface area contributed by atoms with Crippen molar-refractivity contribution in [1.29, 1.82) is 0 Å². The molecule has 0 fully saturated rings. The van der Waals surface area contributed by atoms with Gasteiger partial charge in [0.2, 0.25) is 11.8 Å². The second-order valence-electron chi connectivity index (χ2n) is 5.39. The molecule has 2 amide bonds. The van der Waals surface area contributed by atoms with Crippen molar-refractivity contribution < 1.29 is 9.59 Å². The zero-order valence-corrected chi connectivity index (χ0v) is 14.4. The summed E-state index contributed by atoms with van der Waals surface area (Å²) in [6.07, 6.45) is 0.590. The number of aryl methyl sites for hydroxylation is 2. The van der Waals surface area contributed by atoms with Gasteiger partial charge in [0.05, 0.1) is 11.4 Å². The fraction of sp³-hybridized carbons (Fsp3) is 0.500. The summed E-state index contributed by atoms with van der Waals surface area (Å²) in [4.78, 5) is 28.0. The summed E-state index contributed by atoms with van der Waals surface area (Å²) in [6.45, 7) is 4.97. The zero-order valence-electron chi connectivity index (χ0n) is 12.9. The highest BCUT2D eigenvalue weighted by atomic mass is 35.5. The van der Waals surface area contributed by atoms with Gasteiger partial charge in [-0.2, -0.15) is 0 Å². The number of hydrogen-bond acceptors (Lipinski definition) is 2. The highest BCUT2D eigenvalue weighted by Gasteiger charge is 2.29. The van der Waals surface area contributed by atoms with Crippen LogP contribution in [0, 0.1) is 13.8 Å². The first kappa shape index (κ1) is 17.1. The number of nitrogens with zero attached hydrogens (tertiary/aromatic N) is 2. The van der Waals surface area contributed by atoms with Crippen LogP contribution in [-0.4, -0.2) is 36.7 Å². The standard InChI is InChI=1S/C16H20Cl2N2O2/c1-11-9-13-14(10-12(11)2)20(16(22)4-6-18)8-7-19(13)15(21)3-5-17/h9-10H,3-8H2,1-2H3. The molecule has 1 aromatic rings. The summed E-state index contributed by atoms with van der Waals surface area (Å²) in [5.41, 5.74) is 3.75. The van der Waals surface area contributed by atoms with Crippen molar-refractivity contribution >= 4 is 46.4 Å². The van der Waals surface area contributed by atoms with E-state index < -0.39 is 0 Å². The SMILES string of the molecule is Cc1cc2c(cc1C)N(C(=O)CCCl)CCN2C(=O)CCCl. The first-order valence-electron chi connectivity index (χ1n) is 7.33. The van der Waals surface area contributed by atoms with Crippen LogP contribution in [0.3, 0.4) is 0 Å². The van der Waals surface area contributed by atoms with Crippen molar-refractivity contribution in [3.8, 4) is 0 Å². The van der Waals surface area contributed by atoms with Crippen molar-refractivity contribution in [2.75, 3.05) is 34.6 Å². The number of rotatable bonds is 4. The molecule has 1 aromatic carbocycles. The number of amides is 2. The second-order valence-corrected chi connectivity index (χ2v) is 6.15. The van der Waals surface area contributed by atoms with E-state index in [4.69, 9.17) is 23.2 Å². The molecule has 0 saturated carbocycles. The number of anilines is 2. The molecule has 0 saturated heterocycles. The number of benzene rings is 1. The van der Waals surface area contributed by atoms with Crippen LogP contribution in [0.15, 0.2) is 12.1 Å². The molecule has 0 bridgehead atoms. The Balaban J connectivity index is 2.44. The lowest BCUT2D eigenvalue weighted by molar-refractivity contribution is -0.120. The van der Waals surface area contributed by atoms with Crippen LogP contribution in [-0.2, 0) is 9.59 Å². The molecule has 0 radical (unpaired) electrons. The van der Waals surface area contributed by atoms with Crippen LogP contribution in [0.25, 0.3) is 0 Å². The third kappa shape index (κ3) is 3.39. The molecule has 0 aliphatic carbocycles. The van der Waals surface area contributed by atoms with Gasteiger partial charge in [-0.3, -0.25) is 9.59 Å². The molecule has 22 heavy (non-hydrogen) atoms. The molecule has 1 aliphatic heterocycles. The summed E-state index contributed by atoms with van der Waals surface area (Å²) < 4.78 is 0. The minimum atomic E-state index is -0.0102. The first-order chi connectivity index (χ1) is 10.5. The molecule has 4 nitrogen and oxygen atoms in total.